The molecule has 0 atom stereocenters. The first-order valence-corrected chi connectivity index (χ1v) is 5.25. The third-order valence-corrected chi connectivity index (χ3v) is 2.75. The molecule has 0 bridgehead atoms. The highest BCUT2D eigenvalue weighted by Crippen LogP contribution is 2.33. The van der Waals surface area contributed by atoms with Gasteiger partial charge < -0.3 is 16.0 Å². The summed E-state index contributed by atoms with van der Waals surface area (Å²) < 4.78 is 0. The van der Waals surface area contributed by atoms with Gasteiger partial charge in [0.15, 0.2) is 0 Å². The number of rotatable bonds is 3. The van der Waals surface area contributed by atoms with Crippen molar-refractivity contribution in [2.75, 3.05) is 24.3 Å². The Bertz CT molecular complexity index is 404. The summed E-state index contributed by atoms with van der Waals surface area (Å²) in [4.78, 5) is 17.7. The van der Waals surface area contributed by atoms with Crippen LogP contribution in [0.15, 0.2) is 18.3 Å². The highest BCUT2D eigenvalue weighted by molar-refractivity contribution is 5.99. The predicted octanol–water partition coefficient (Wildman–Crippen LogP) is 1.42. The molecule has 0 spiro atoms. The highest BCUT2D eigenvalue weighted by Gasteiger charge is 2.46. The van der Waals surface area contributed by atoms with Crippen LogP contribution in [-0.4, -0.2) is 30.5 Å². The van der Waals surface area contributed by atoms with E-state index in [0.29, 0.717) is 5.82 Å². The Hall–Kier alpha value is -1.04. The van der Waals surface area contributed by atoms with Crippen LogP contribution in [0.2, 0.25) is 0 Å². The summed E-state index contributed by atoms with van der Waals surface area (Å²) >= 11 is 0. The molecule has 0 saturated heterocycles. The lowest BCUT2D eigenvalue weighted by atomic mass is 10.2. The molecule has 102 valence electrons. The van der Waals surface area contributed by atoms with Crippen LogP contribution >= 0.6 is 24.8 Å². The van der Waals surface area contributed by atoms with Gasteiger partial charge in [-0.15, -0.1) is 24.8 Å². The Morgan fingerprint density at radius 2 is 2.00 bits per heavy atom. The normalized spacial score (nSPS) is 14.8. The predicted molar refractivity (Wildman–Crippen MR) is 77.8 cm³/mol. The fourth-order valence-electron chi connectivity index (χ4n) is 1.33. The van der Waals surface area contributed by atoms with E-state index < -0.39 is 5.54 Å². The Morgan fingerprint density at radius 3 is 2.39 bits per heavy atom. The molecule has 18 heavy (non-hydrogen) atoms. The fraction of sp³-hybridized carbons (Fsp3) is 0.455. The molecule has 1 saturated carbocycles. The molecule has 0 aromatic carbocycles. The van der Waals surface area contributed by atoms with Gasteiger partial charge in [0.05, 0.1) is 17.4 Å². The van der Waals surface area contributed by atoms with Crippen LogP contribution in [0.5, 0.6) is 0 Å². The van der Waals surface area contributed by atoms with E-state index in [4.69, 9.17) is 5.73 Å². The van der Waals surface area contributed by atoms with Gasteiger partial charge in [-0.2, -0.15) is 0 Å². The summed E-state index contributed by atoms with van der Waals surface area (Å²) in [5, 5.41) is 2.72. The maximum Gasteiger partial charge on any atom is 0.245 e. The molecule has 0 radical (unpaired) electrons. The quantitative estimate of drug-likeness (QED) is 0.884. The van der Waals surface area contributed by atoms with E-state index in [9.17, 15) is 4.79 Å². The molecule has 7 heteroatoms. The molecule has 1 aromatic rings. The van der Waals surface area contributed by atoms with Crippen molar-refractivity contribution in [1.82, 2.24) is 4.98 Å². The number of carbonyl (C=O) groups excluding carboxylic acids is 1. The van der Waals surface area contributed by atoms with Gasteiger partial charge in [0.2, 0.25) is 5.91 Å². The Morgan fingerprint density at radius 1 is 1.39 bits per heavy atom. The average Bonchev–Trinajstić information content (AvgIpc) is 2.99. The van der Waals surface area contributed by atoms with Crippen LogP contribution in [0.25, 0.3) is 0 Å². The number of aromatic nitrogens is 1. The van der Waals surface area contributed by atoms with E-state index in [1.807, 2.05) is 25.1 Å². The second kappa shape index (κ2) is 6.22. The van der Waals surface area contributed by atoms with Crippen molar-refractivity contribution in [3.63, 3.8) is 0 Å². The second-order valence-electron chi connectivity index (χ2n) is 4.41. The van der Waals surface area contributed by atoms with Gasteiger partial charge in [-0.05, 0) is 25.0 Å². The zero-order valence-electron chi connectivity index (χ0n) is 10.3. The standard InChI is InChI=1S/C11H16N4O.2ClH/c1-15(2)8-3-4-9(13-7-8)14-10(16)11(12)5-6-11;;/h3-4,7H,5-6,12H2,1-2H3,(H,13,14,16);2*1H. The number of hydrogen-bond acceptors (Lipinski definition) is 4. The van der Waals surface area contributed by atoms with Crippen molar-refractivity contribution in [2.45, 2.75) is 18.4 Å². The van der Waals surface area contributed by atoms with Gasteiger partial charge in [-0.25, -0.2) is 4.98 Å². The lowest BCUT2D eigenvalue weighted by Gasteiger charge is -2.13. The summed E-state index contributed by atoms with van der Waals surface area (Å²) in [7, 11) is 3.88. The number of carbonyl (C=O) groups is 1. The Labute approximate surface area is 119 Å². The van der Waals surface area contributed by atoms with Gasteiger partial charge >= 0.3 is 0 Å². The lowest BCUT2D eigenvalue weighted by Crippen LogP contribution is -2.38. The van der Waals surface area contributed by atoms with E-state index in [1.165, 1.54) is 0 Å². The van der Waals surface area contributed by atoms with E-state index in [0.717, 1.165) is 18.5 Å². The van der Waals surface area contributed by atoms with Crippen LogP contribution in [-0.2, 0) is 4.79 Å². The van der Waals surface area contributed by atoms with Crippen molar-refractivity contribution in [3.05, 3.63) is 18.3 Å². The molecule has 2 rings (SSSR count). The van der Waals surface area contributed by atoms with Crippen LogP contribution < -0.4 is 16.0 Å². The number of amides is 1. The molecule has 1 aromatic heterocycles. The maximum atomic E-state index is 11.6. The molecule has 1 amide bonds. The molecule has 5 nitrogen and oxygen atoms in total. The number of nitrogens with one attached hydrogen (secondary N) is 1. The molecule has 1 aliphatic rings. The number of hydrogen-bond donors (Lipinski definition) is 2. The molecular weight excluding hydrogens is 275 g/mol. The van der Waals surface area contributed by atoms with E-state index >= 15 is 0 Å². The van der Waals surface area contributed by atoms with Crippen molar-refractivity contribution < 1.29 is 4.79 Å². The number of pyridine rings is 1. The fourth-order valence-corrected chi connectivity index (χ4v) is 1.33. The number of nitrogens with two attached hydrogens (primary N) is 1. The third-order valence-electron chi connectivity index (χ3n) is 2.75. The van der Waals surface area contributed by atoms with Gasteiger partial charge in [0, 0.05) is 14.1 Å². The van der Waals surface area contributed by atoms with E-state index in [1.54, 1.807) is 12.3 Å². The number of halogens is 2. The summed E-state index contributed by atoms with van der Waals surface area (Å²) in [6.07, 6.45) is 3.23. The molecule has 1 fully saturated rings. The minimum atomic E-state index is -0.651. The molecule has 3 N–H and O–H groups in total. The zero-order valence-corrected chi connectivity index (χ0v) is 12.0. The average molecular weight is 293 g/mol. The van der Waals surface area contributed by atoms with Gasteiger partial charge in [-0.3, -0.25) is 4.79 Å². The monoisotopic (exact) mass is 292 g/mol. The first-order valence-electron chi connectivity index (χ1n) is 5.25. The van der Waals surface area contributed by atoms with E-state index in [-0.39, 0.29) is 30.7 Å². The topological polar surface area (TPSA) is 71.2 Å². The summed E-state index contributed by atoms with van der Waals surface area (Å²) in [6.45, 7) is 0. The summed E-state index contributed by atoms with van der Waals surface area (Å²) in [6, 6.07) is 3.68. The van der Waals surface area contributed by atoms with Gasteiger partial charge in [0.1, 0.15) is 5.82 Å². The van der Waals surface area contributed by atoms with E-state index in [2.05, 4.69) is 10.3 Å². The second-order valence-corrected chi connectivity index (χ2v) is 4.41. The molecule has 1 heterocycles. The molecular formula is C11H18Cl2N4O. The minimum Gasteiger partial charge on any atom is -0.376 e. The summed E-state index contributed by atoms with van der Waals surface area (Å²) in [5.41, 5.74) is 6.11. The van der Waals surface area contributed by atoms with Crippen LogP contribution in [0.3, 0.4) is 0 Å². The van der Waals surface area contributed by atoms with Gasteiger partial charge in [-0.1, -0.05) is 0 Å². The number of anilines is 2. The molecule has 0 unspecified atom stereocenters. The lowest BCUT2D eigenvalue weighted by molar-refractivity contribution is -0.118. The maximum absolute atomic E-state index is 11.6. The van der Waals surface area contributed by atoms with Crippen molar-refractivity contribution in [2.24, 2.45) is 5.73 Å². The molecule has 1 aliphatic carbocycles. The van der Waals surface area contributed by atoms with Crippen molar-refractivity contribution in [3.8, 4) is 0 Å². The van der Waals surface area contributed by atoms with Crippen LogP contribution in [0, 0.1) is 0 Å². The third kappa shape index (κ3) is 3.73. The molecule has 0 aliphatic heterocycles. The Kier molecular flexibility index (Phi) is 5.86. The minimum absolute atomic E-state index is 0. The highest BCUT2D eigenvalue weighted by atomic mass is 35.5. The summed E-state index contributed by atoms with van der Waals surface area (Å²) in [5.74, 6) is 0.407. The van der Waals surface area contributed by atoms with Crippen LogP contribution in [0.4, 0.5) is 11.5 Å². The van der Waals surface area contributed by atoms with Crippen molar-refractivity contribution in [1.29, 1.82) is 0 Å². The Balaban J connectivity index is 0.00000144. The SMILES string of the molecule is CN(C)c1ccc(NC(=O)C2(N)CC2)nc1.Cl.Cl. The van der Waals surface area contributed by atoms with Crippen molar-refractivity contribution >= 4 is 42.2 Å². The largest absolute Gasteiger partial charge is 0.376 e. The van der Waals surface area contributed by atoms with Crippen LogP contribution in [0.1, 0.15) is 12.8 Å². The van der Waals surface area contributed by atoms with Gasteiger partial charge in [0.25, 0.3) is 0 Å². The smallest absolute Gasteiger partial charge is 0.245 e. The first-order chi connectivity index (χ1) is 7.51. The zero-order chi connectivity index (χ0) is 11.8. The first kappa shape index (κ1) is 17.0. The number of nitrogens with zero attached hydrogens (tertiary/aromatic N) is 2.